The van der Waals surface area contributed by atoms with Crippen LogP contribution in [0.4, 0.5) is 0 Å². The monoisotopic (exact) mass is 238 g/mol. The first-order valence-electron chi connectivity index (χ1n) is 5.87. The summed E-state index contributed by atoms with van der Waals surface area (Å²) in [7, 11) is 0. The molecule has 0 saturated carbocycles. The molecular weight excluding hydrogens is 224 g/mol. The first-order chi connectivity index (χ1) is 8.88. The number of hydrogen-bond donors (Lipinski definition) is 0. The van der Waals surface area contributed by atoms with Crippen LogP contribution < -0.4 is 4.74 Å². The van der Waals surface area contributed by atoms with Gasteiger partial charge >= 0.3 is 0 Å². The van der Waals surface area contributed by atoms with E-state index in [1.807, 2.05) is 42.5 Å². The molecule has 0 saturated heterocycles. The van der Waals surface area contributed by atoms with Gasteiger partial charge in [0.05, 0.1) is 19.1 Å². The van der Waals surface area contributed by atoms with Gasteiger partial charge in [-0.15, -0.1) is 0 Å². The summed E-state index contributed by atoms with van der Waals surface area (Å²) in [5.74, 6) is 0.827. The van der Waals surface area contributed by atoms with Crippen molar-refractivity contribution in [3.63, 3.8) is 0 Å². The first-order valence-corrected chi connectivity index (χ1v) is 5.87. The van der Waals surface area contributed by atoms with Gasteiger partial charge in [0.15, 0.2) is 0 Å². The average molecular weight is 238 g/mol. The van der Waals surface area contributed by atoms with Gasteiger partial charge in [0, 0.05) is 18.3 Å². The number of nitrogens with zero attached hydrogens (tertiary/aromatic N) is 2. The van der Waals surface area contributed by atoms with Gasteiger partial charge in [-0.25, -0.2) is 0 Å². The number of nitriles is 1. The molecule has 3 heteroatoms. The van der Waals surface area contributed by atoms with Crippen molar-refractivity contribution in [2.24, 2.45) is 0 Å². The van der Waals surface area contributed by atoms with Crippen molar-refractivity contribution in [2.75, 3.05) is 6.61 Å². The molecule has 0 bridgehead atoms. The van der Waals surface area contributed by atoms with Crippen molar-refractivity contribution < 1.29 is 4.74 Å². The molecule has 0 amide bonds. The lowest BCUT2D eigenvalue weighted by atomic mass is 10.2. The number of rotatable bonds is 5. The zero-order chi connectivity index (χ0) is 12.6. The lowest BCUT2D eigenvalue weighted by Crippen LogP contribution is -2.02. The topological polar surface area (TPSA) is 45.9 Å². The van der Waals surface area contributed by atoms with Crippen molar-refractivity contribution >= 4 is 0 Å². The molecule has 0 aliphatic heterocycles. The molecule has 0 atom stereocenters. The Labute approximate surface area is 107 Å². The Morgan fingerprint density at radius 3 is 2.61 bits per heavy atom. The summed E-state index contributed by atoms with van der Waals surface area (Å²) in [5, 5.41) is 8.57. The van der Waals surface area contributed by atoms with E-state index in [0.717, 1.165) is 23.4 Å². The third kappa shape index (κ3) is 3.60. The lowest BCUT2D eigenvalue weighted by molar-refractivity contribution is 0.320. The molecular formula is C15H14N2O. The van der Waals surface area contributed by atoms with Crippen molar-refractivity contribution in [2.45, 2.75) is 12.8 Å². The Hall–Kier alpha value is -2.34. The first kappa shape index (κ1) is 12.1. The molecule has 0 aliphatic rings. The van der Waals surface area contributed by atoms with Gasteiger partial charge in [-0.05, 0) is 29.8 Å². The third-order valence-electron chi connectivity index (χ3n) is 2.56. The predicted octanol–water partition coefficient (Wildman–Crippen LogP) is 2.77. The molecule has 1 aromatic heterocycles. The van der Waals surface area contributed by atoms with E-state index >= 15 is 0 Å². The van der Waals surface area contributed by atoms with Crippen LogP contribution in [-0.4, -0.2) is 11.6 Å². The molecule has 2 aromatic rings. The average Bonchev–Trinajstić information content (AvgIpc) is 2.42. The van der Waals surface area contributed by atoms with Crippen molar-refractivity contribution in [1.82, 2.24) is 4.98 Å². The standard InChI is InChI=1S/C15H14N2O/c16-10-8-13-4-6-15(7-5-13)18-12-9-14-3-1-2-11-17-14/h1-7,11H,8-9,12H2. The number of aromatic nitrogens is 1. The fraction of sp³-hybridized carbons (Fsp3) is 0.200. The van der Waals surface area contributed by atoms with E-state index in [1.165, 1.54) is 0 Å². The van der Waals surface area contributed by atoms with Crippen LogP contribution in [0.25, 0.3) is 0 Å². The normalized spacial score (nSPS) is 9.72. The van der Waals surface area contributed by atoms with Crippen LogP contribution >= 0.6 is 0 Å². The van der Waals surface area contributed by atoms with E-state index in [1.54, 1.807) is 6.20 Å². The van der Waals surface area contributed by atoms with Crippen LogP contribution in [0.1, 0.15) is 11.3 Å². The Morgan fingerprint density at radius 1 is 1.11 bits per heavy atom. The minimum Gasteiger partial charge on any atom is -0.493 e. The summed E-state index contributed by atoms with van der Waals surface area (Å²) in [4.78, 5) is 4.23. The fourth-order valence-electron chi connectivity index (χ4n) is 1.61. The van der Waals surface area contributed by atoms with Gasteiger partial charge in [-0.3, -0.25) is 4.98 Å². The van der Waals surface area contributed by atoms with Gasteiger partial charge in [0.1, 0.15) is 5.75 Å². The molecule has 1 heterocycles. The second-order valence-corrected chi connectivity index (χ2v) is 3.90. The van der Waals surface area contributed by atoms with Crippen molar-refractivity contribution in [3.05, 3.63) is 59.9 Å². The molecule has 18 heavy (non-hydrogen) atoms. The summed E-state index contributed by atoms with van der Waals surface area (Å²) >= 11 is 0. The Kier molecular flexibility index (Phi) is 4.32. The highest BCUT2D eigenvalue weighted by atomic mass is 16.5. The lowest BCUT2D eigenvalue weighted by Gasteiger charge is -2.06. The molecule has 1 aromatic carbocycles. The van der Waals surface area contributed by atoms with Gasteiger partial charge in [-0.1, -0.05) is 18.2 Å². The second-order valence-electron chi connectivity index (χ2n) is 3.90. The van der Waals surface area contributed by atoms with Gasteiger partial charge < -0.3 is 4.74 Å². The number of ether oxygens (including phenoxy) is 1. The van der Waals surface area contributed by atoms with Crippen LogP contribution in [0.15, 0.2) is 48.7 Å². The maximum absolute atomic E-state index is 8.57. The zero-order valence-electron chi connectivity index (χ0n) is 10.0. The largest absolute Gasteiger partial charge is 0.493 e. The molecule has 0 unspecified atom stereocenters. The third-order valence-corrected chi connectivity index (χ3v) is 2.56. The van der Waals surface area contributed by atoms with E-state index in [0.29, 0.717) is 13.0 Å². The number of benzene rings is 1. The van der Waals surface area contributed by atoms with Crippen molar-refractivity contribution in [3.8, 4) is 11.8 Å². The number of pyridine rings is 1. The summed E-state index contributed by atoms with van der Waals surface area (Å²) < 4.78 is 5.62. The van der Waals surface area contributed by atoms with Crippen LogP contribution in [0.3, 0.4) is 0 Å². The Balaban J connectivity index is 1.82. The molecule has 0 N–H and O–H groups in total. The van der Waals surface area contributed by atoms with E-state index in [4.69, 9.17) is 10.00 Å². The maximum atomic E-state index is 8.57. The zero-order valence-corrected chi connectivity index (χ0v) is 10.0. The molecule has 0 fully saturated rings. The Bertz CT molecular complexity index is 514. The molecule has 0 radical (unpaired) electrons. The van der Waals surface area contributed by atoms with Gasteiger partial charge in [-0.2, -0.15) is 5.26 Å². The van der Waals surface area contributed by atoms with Crippen LogP contribution in [0.2, 0.25) is 0 Å². The molecule has 90 valence electrons. The minimum absolute atomic E-state index is 0.439. The van der Waals surface area contributed by atoms with Gasteiger partial charge in [0.2, 0.25) is 0 Å². The maximum Gasteiger partial charge on any atom is 0.119 e. The fourth-order valence-corrected chi connectivity index (χ4v) is 1.61. The molecule has 0 aliphatic carbocycles. The number of hydrogen-bond acceptors (Lipinski definition) is 3. The van der Waals surface area contributed by atoms with Gasteiger partial charge in [0.25, 0.3) is 0 Å². The quantitative estimate of drug-likeness (QED) is 0.804. The van der Waals surface area contributed by atoms with E-state index in [2.05, 4.69) is 11.1 Å². The molecule has 2 rings (SSSR count). The summed E-state index contributed by atoms with van der Waals surface area (Å²) in [6.45, 7) is 0.606. The van der Waals surface area contributed by atoms with E-state index in [9.17, 15) is 0 Å². The second kappa shape index (κ2) is 6.41. The SMILES string of the molecule is N#CCc1ccc(OCCc2ccccn2)cc1. The van der Waals surface area contributed by atoms with Crippen LogP contribution in [0.5, 0.6) is 5.75 Å². The smallest absolute Gasteiger partial charge is 0.119 e. The highest BCUT2D eigenvalue weighted by molar-refractivity contribution is 5.28. The van der Waals surface area contributed by atoms with Crippen LogP contribution in [0, 0.1) is 11.3 Å². The summed E-state index contributed by atoms with van der Waals surface area (Å²) in [5.41, 5.74) is 2.04. The molecule has 0 spiro atoms. The highest BCUT2D eigenvalue weighted by Gasteiger charge is 1.97. The predicted molar refractivity (Wildman–Crippen MR) is 69.2 cm³/mol. The summed E-state index contributed by atoms with van der Waals surface area (Å²) in [6.07, 6.45) is 3.01. The molecule has 3 nitrogen and oxygen atoms in total. The Morgan fingerprint density at radius 2 is 1.94 bits per heavy atom. The van der Waals surface area contributed by atoms with E-state index < -0.39 is 0 Å². The van der Waals surface area contributed by atoms with Crippen LogP contribution in [-0.2, 0) is 12.8 Å². The van der Waals surface area contributed by atoms with Crippen molar-refractivity contribution in [1.29, 1.82) is 5.26 Å². The minimum atomic E-state index is 0.439. The summed E-state index contributed by atoms with van der Waals surface area (Å²) in [6, 6.07) is 15.6. The van der Waals surface area contributed by atoms with E-state index in [-0.39, 0.29) is 0 Å². The highest BCUT2D eigenvalue weighted by Crippen LogP contribution is 2.12.